The van der Waals surface area contributed by atoms with Crippen LogP contribution in [0.2, 0.25) is 0 Å². The van der Waals surface area contributed by atoms with E-state index >= 15 is 0 Å². The fourth-order valence-electron chi connectivity index (χ4n) is 3.93. The summed E-state index contributed by atoms with van der Waals surface area (Å²) in [5, 5.41) is 20.0. The van der Waals surface area contributed by atoms with Gasteiger partial charge in [0.05, 0.1) is 47.7 Å². The number of rotatable bonds is 12. The number of pyridine rings is 1. The van der Waals surface area contributed by atoms with Crippen molar-refractivity contribution in [2.45, 2.75) is 17.9 Å². The Morgan fingerprint density at radius 1 is 0.976 bits per heavy atom. The van der Waals surface area contributed by atoms with Crippen molar-refractivity contribution in [2.75, 3.05) is 40.9 Å². The Hall–Kier alpha value is -3.99. The van der Waals surface area contributed by atoms with Gasteiger partial charge in [-0.25, -0.2) is 40.7 Å². The molecule has 0 fully saturated rings. The summed E-state index contributed by atoms with van der Waals surface area (Å²) in [6.45, 7) is -0.992. The molecule has 41 heavy (non-hydrogen) atoms. The number of hydrogen-bond donors (Lipinski definition) is 4. The molecule has 0 radical (unpaired) electrons. The molecule has 0 aliphatic heterocycles. The first-order valence-corrected chi connectivity index (χ1v) is 15.5. The van der Waals surface area contributed by atoms with Gasteiger partial charge in [0.2, 0.25) is 26.0 Å². The first-order chi connectivity index (χ1) is 19.3. The Labute approximate surface area is 235 Å². The summed E-state index contributed by atoms with van der Waals surface area (Å²) < 4.78 is 74.6. The maximum Gasteiger partial charge on any atom is 0.255 e. The Bertz CT molecular complexity index is 1760. The van der Waals surface area contributed by atoms with Crippen LogP contribution in [0.4, 0.5) is 26.2 Å². The van der Waals surface area contributed by atoms with E-state index in [0.29, 0.717) is 28.0 Å². The minimum absolute atomic E-state index is 0.0356. The first kappa shape index (κ1) is 30.0. The molecular weight excluding hydrogens is 580 g/mol. The highest BCUT2D eigenvalue weighted by Gasteiger charge is 2.18. The lowest BCUT2D eigenvalue weighted by atomic mass is 10.1. The number of aliphatic hydroxyl groups excluding tert-OH is 1. The van der Waals surface area contributed by atoms with Crippen molar-refractivity contribution in [1.29, 1.82) is 0 Å². The van der Waals surface area contributed by atoms with Gasteiger partial charge in [-0.05, 0) is 42.0 Å². The number of fused-ring (bicyclic) bond motifs is 1. The highest BCUT2D eigenvalue weighted by molar-refractivity contribution is 7.92. The molecule has 16 heteroatoms. The number of nitrogens with two attached hydrogens (primary N) is 1. The Kier molecular flexibility index (Phi) is 8.96. The molecular formula is C25H27F2N7O5S2. The van der Waals surface area contributed by atoms with Crippen LogP contribution in [0.3, 0.4) is 0 Å². The lowest BCUT2D eigenvalue weighted by Crippen LogP contribution is -2.32. The second-order valence-electron chi connectivity index (χ2n) is 8.88. The van der Waals surface area contributed by atoms with Crippen LogP contribution >= 0.6 is 0 Å². The maximum absolute atomic E-state index is 13.1. The second kappa shape index (κ2) is 12.3. The number of anilines is 3. The van der Waals surface area contributed by atoms with Crippen LogP contribution in [0.15, 0.2) is 65.6 Å². The zero-order valence-electron chi connectivity index (χ0n) is 21.7. The van der Waals surface area contributed by atoms with Gasteiger partial charge in [-0.3, -0.25) is 4.31 Å². The van der Waals surface area contributed by atoms with Gasteiger partial charge >= 0.3 is 0 Å². The molecule has 0 saturated heterocycles. The van der Waals surface area contributed by atoms with Gasteiger partial charge in [0, 0.05) is 12.1 Å². The van der Waals surface area contributed by atoms with Crippen LogP contribution in [0, 0.1) is 0 Å². The third-order valence-electron chi connectivity index (χ3n) is 5.80. The minimum Gasteiger partial charge on any atom is -0.394 e. The van der Waals surface area contributed by atoms with Crippen molar-refractivity contribution >= 4 is 48.5 Å². The number of benzene rings is 2. The molecule has 4 rings (SSSR count). The largest absolute Gasteiger partial charge is 0.394 e. The van der Waals surface area contributed by atoms with Gasteiger partial charge in [0.25, 0.3) is 6.43 Å². The summed E-state index contributed by atoms with van der Waals surface area (Å²) in [7, 11) is -7.49. The number of nitrogens with zero attached hydrogens (tertiary/aromatic N) is 4. The molecule has 0 unspecified atom stereocenters. The average Bonchev–Trinajstić information content (AvgIpc) is 2.92. The molecule has 0 saturated carbocycles. The normalized spacial score (nSPS) is 12.0. The Morgan fingerprint density at radius 3 is 2.34 bits per heavy atom. The SMILES string of the molecule is CS(=O)(=O)N(CCO)c1cccc(-c2ccc3nc(NCc4ccc(S(N)(=O)=O)cc4)nc(NCC(F)F)c3n2)c1. The fraction of sp³-hybridized carbons (Fsp3) is 0.240. The summed E-state index contributed by atoms with van der Waals surface area (Å²) in [5.74, 6) is 0.174. The van der Waals surface area contributed by atoms with Gasteiger partial charge in [-0.2, -0.15) is 4.98 Å². The zero-order valence-corrected chi connectivity index (χ0v) is 23.3. The predicted molar refractivity (Wildman–Crippen MR) is 152 cm³/mol. The number of aromatic nitrogens is 3. The van der Waals surface area contributed by atoms with Crippen molar-refractivity contribution < 1.29 is 30.7 Å². The van der Waals surface area contributed by atoms with Crippen molar-refractivity contribution in [3.8, 4) is 11.3 Å². The van der Waals surface area contributed by atoms with Crippen molar-refractivity contribution in [3.05, 3.63) is 66.2 Å². The minimum atomic E-state index is -3.83. The first-order valence-electron chi connectivity index (χ1n) is 12.1. The van der Waals surface area contributed by atoms with Crippen LogP contribution in [-0.4, -0.2) is 69.3 Å². The molecule has 0 amide bonds. The molecule has 2 heterocycles. The molecule has 4 aromatic rings. The topological polar surface area (TPSA) is 180 Å². The van der Waals surface area contributed by atoms with Crippen LogP contribution in [-0.2, 0) is 26.6 Å². The summed E-state index contributed by atoms with van der Waals surface area (Å²) in [6.07, 6.45) is -1.63. The third kappa shape index (κ3) is 7.60. The number of halogens is 2. The molecule has 2 aromatic carbocycles. The smallest absolute Gasteiger partial charge is 0.255 e. The van der Waals surface area contributed by atoms with E-state index in [1.165, 1.54) is 12.1 Å². The summed E-state index contributed by atoms with van der Waals surface area (Å²) in [6, 6.07) is 15.7. The molecule has 0 aliphatic carbocycles. The summed E-state index contributed by atoms with van der Waals surface area (Å²) in [4.78, 5) is 13.3. The average molecular weight is 608 g/mol. The van der Waals surface area contributed by atoms with Gasteiger partial charge in [0.15, 0.2) is 5.82 Å². The van der Waals surface area contributed by atoms with Crippen LogP contribution in [0.25, 0.3) is 22.3 Å². The fourth-order valence-corrected chi connectivity index (χ4v) is 5.35. The highest BCUT2D eigenvalue weighted by atomic mass is 32.2. The van der Waals surface area contributed by atoms with E-state index in [1.54, 1.807) is 48.5 Å². The third-order valence-corrected chi connectivity index (χ3v) is 7.93. The van der Waals surface area contributed by atoms with Gasteiger partial charge in [0.1, 0.15) is 5.52 Å². The highest BCUT2D eigenvalue weighted by Crippen LogP contribution is 2.28. The maximum atomic E-state index is 13.1. The lowest BCUT2D eigenvalue weighted by molar-refractivity contribution is 0.163. The zero-order chi connectivity index (χ0) is 29.8. The van der Waals surface area contributed by atoms with Gasteiger partial charge < -0.3 is 15.7 Å². The standard InChI is InChI=1S/C25H27F2N7O5S2/c1-40(36,37)34(11-12-35)18-4-2-3-17(13-18)20-9-10-21-23(31-20)24(29-15-22(26)27)33-25(32-21)30-14-16-5-7-19(8-6-16)41(28,38)39/h2-10,13,22,35H,11-12,14-15H2,1H3,(H2,28,38,39)(H2,29,30,32,33). The van der Waals surface area contributed by atoms with E-state index < -0.39 is 33.0 Å². The predicted octanol–water partition coefficient (Wildman–Crippen LogP) is 2.39. The molecule has 0 atom stereocenters. The number of aliphatic hydroxyl groups is 1. The van der Waals surface area contributed by atoms with Gasteiger partial charge in [-0.15, -0.1) is 0 Å². The molecule has 2 aromatic heterocycles. The van der Waals surface area contributed by atoms with Crippen molar-refractivity contribution in [2.24, 2.45) is 5.14 Å². The summed E-state index contributed by atoms with van der Waals surface area (Å²) in [5.41, 5.74) is 2.54. The number of primary sulfonamides is 1. The number of nitrogens with one attached hydrogen (secondary N) is 2. The molecule has 0 spiro atoms. The molecule has 5 N–H and O–H groups in total. The molecule has 218 valence electrons. The number of alkyl halides is 2. The van der Waals surface area contributed by atoms with Gasteiger partial charge in [-0.1, -0.05) is 24.3 Å². The second-order valence-corrected chi connectivity index (χ2v) is 12.4. The van der Waals surface area contributed by atoms with E-state index in [-0.39, 0.29) is 41.9 Å². The van der Waals surface area contributed by atoms with Crippen LogP contribution in [0.5, 0.6) is 0 Å². The van der Waals surface area contributed by atoms with Crippen molar-refractivity contribution in [3.63, 3.8) is 0 Å². The molecule has 0 bridgehead atoms. The quantitative estimate of drug-likeness (QED) is 0.187. The van der Waals surface area contributed by atoms with E-state index in [1.807, 2.05) is 0 Å². The van der Waals surface area contributed by atoms with Crippen molar-refractivity contribution in [1.82, 2.24) is 15.0 Å². The molecule has 0 aliphatic rings. The Morgan fingerprint density at radius 2 is 1.71 bits per heavy atom. The van der Waals surface area contributed by atoms with Crippen LogP contribution in [0.1, 0.15) is 5.56 Å². The van der Waals surface area contributed by atoms with E-state index in [4.69, 9.17) is 5.14 Å². The van der Waals surface area contributed by atoms with E-state index in [2.05, 4.69) is 25.6 Å². The monoisotopic (exact) mass is 607 g/mol. The lowest BCUT2D eigenvalue weighted by Gasteiger charge is -2.22. The molecule has 12 nitrogen and oxygen atoms in total. The Balaban J connectivity index is 1.67. The number of sulfonamides is 2. The van der Waals surface area contributed by atoms with E-state index in [9.17, 15) is 30.7 Å². The van der Waals surface area contributed by atoms with Crippen LogP contribution < -0.4 is 20.1 Å². The number of hydrogen-bond acceptors (Lipinski definition) is 10. The van der Waals surface area contributed by atoms with E-state index in [0.717, 1.165) is 10.6 Å². The summed E-state index contributed by atoms with van der Waals surface area (Å²) >= 11 is 0.